The molecule has 1 aromatic heterocycles. The summed E-state index contributed by atoms with van der Waals surface area (Å²) in [6.07, 6.45) is 1.50. The summed E-state index contributed by atoms with van der Waals surface area (Å²) in [5.41, 5.74) is 10.2. The Morgan fingerprint density at radius 1 is 1.35 bits per heavy atom. The van der Waals surface area contributed by atoms with Crippen molar-refractivity contribution in [3.8, 4) is 11.3 Å². The molecular formula is C14H14N4O2. The van der Waals surface area contributed by atoms with Crippen LogP contribution in [0.3, 0.4) is 0 Å². The van der Waals surface area contributed by atoms with Gasteiger partial charge in [0.05, 0.1) is 5.69 Å². The number of aromatic nitrogens is 2. The maximum Gasteiger partial charge on any atom is 0.267 e. The van der Waals surface area contributed by atoms with Gasteiger partial charge < -0.3 is 11.1 Å². The number of benzene rings is 1. The molecule has 6 heteroatoms. The maximum atomic E-state index is 11.3. The van der Waals surface area contributed by atoms with Crippen LogP contribution in [0.15, 0.2) is 18.2 Å². The molecule has 0 unspecified atom stereocenters. The van der Waals surface area contributed by atoms with E-state index < -0.39 is 5.91 Å². The zero-order chi connectivity index (χ0) is 14.3. The normalized spacial score (nSPS) is 12.4. The molecule has 20 heavy (non-hydrogen) atoms. The largest absolute Gasteiger partial charge is 0.364 e. The number of carbonyl (C=O) groups is 2. The van der Waals surface area contributed by atoms with Crippen LogP contribution in [-0.2, 0) is 17.6 Å². The van der Waals surface area contributed by atoms with Gasteiger partial charge in [0.2, 0.25) is 5.91 Å². The number of hydrogen-bond acceptors (Lipinski definition) is 3. The number of nitrogens with two attached hydrogens (primary N) is 1. The van der Waals surface area contributed by atoms with E-state index in [0.29, 0.717) is 12.1 Å². The van der Waals surface area contributed by atoms with Crippen LogP contribution in [0.5, 0.6) is 0 Å². The van der Waals surface area contributed by atoms with Gasteiger partial charge >= 0.3 is 0 Å². The van der Waals surface area contributed by atoms with Gasteiger partial charge in [0.1, 0.15) is 5.69 Å². The Labute approximate surface area is 115 Å². The van der Waals surface area contributed by atoms with Gasteiger partial charge in [-0.15, -0.1) is 0 Å². The average molecular weight is 270 g/mol. The molecule has 1 aliphatic carbocycles. The number of H-pyrrole nitrogens is 1. The number of fused-ring (bicyclic) bond motifs is 3. The van der Waals surface area contributed by atoms with E-state index >= 15 is 0 Å². The van der Waals surface area contributed by atoms with Gasteiger partial charge in [-0.25, -0.2) is 0 Å². The van der Waals surface area contributed by atoms with Gasteiger partial charge in [-0.2, -0.15) is 5.10 Å². The number of anilines is 1. The molecule has 0 radical (unpaired) electrons. The quantitative estimate of drug-likeness (QED) is 0.765. The highest BCUT2D eigenvalue weighted by molar-refractivity contribution is 5.95. The third-order valence-electron chi connectivity index (χ3n) is 3.44. The first kappa shape index (κ1) is 12.4. The monoisotopic (exact) mass is 270 g/mol. The fourth-order valence-electron chi connectivity index (χ4n) is 2.61. The molecule has 3 rings (SSSR count). The van der Waals surface area contributed by atoms with E-state index in [2.05, 4.69) is 15.5 Å². The minimum Gasteiger partial charge on any atom is -0.364 e. The fourth-order valence-corrected chi connectivity index (χ4v) is 2.61. The van der Waals surface area contributed by atoms with E-state index in [-0.39, 0.29) is 5.91 Å². The highest BCUT2D eigenvalue weighted by atomic mass is 16.1. The fraction of sp³-hybridized carbons (Fsp3) is 0.214. The van der Waals surface area contributed by atoms with Crippen LogP contribution in [0.25, 0.3) is 11.3 Å². The number of nitrogens with zero attached hydrogens (tertiary/aromatic N) is 1. The van der Waals surface area contributed by atoms with Crippen molar-refractivity contribution < 1.29 is 9.59 Å². The SMILES string of the molecule is CC(=O)Nc1ccc2c(c1)CCc1c-2n[nH]c1C(N)=O. The Balaban J connectivity index is 2.05. The number of amides is 2. The predicted octanol–water partition coefficient (Wildman–Crippen LogP) is 1.23. The molecule has 6 nitrogen and oxygen atoms in total. The van der Waals surface area contributed by atoms with E-state index in [4.69, 9.17) is 5.73 Å². The maximum absolute atomic E-state index is 11.3. The smallest absolute Gasteiger partial charge is 0.267 e. The molecular weight excluding hydrogens is 256 g/mol. The summed E-state index contributed by atoms with van der Waals surface area (Å²) >= 11 is 0. The van der Waals surface area contributed by atoms with Crippen molar-refractivity contribution in [2.24, 2.45) is 5.73 Å². The van der Waals surface area contributed by atoms with Crippen molar-refractivity contribution in [2.45, 2.75) is 19.8 Å². The lowest BCUT2D eigenvalue weighted by Gasteiger charge is -2.17. The predicted molar refractivity (Wildman–Crippen MR) is 74.3 cm³/mol. The van der Waals surface area contributed by atoms with Crippen LogP contribution in [0.2, 0.25) is 0 Å². The second-order valence-electron chi connectivity index (χ2n) is 4.84. The lowest BCUT2D eigenvalue weighted by molar-refractivity contribution is -0.114. The summed E-state index contributed by atoms with van der Waals surface area (Å²) in [7, 11) is 0. The molecule has 0 saturated carbocycles. The second kappa shape index (κ2) is 4.48. The molecule has 0 aliphatic heterocycles. The first-order valence-corrected chi connectivity index (χ1v) is 6.34. The Hall–Kier alpha value is -2.63. The van der Waals surface area contributed by atoms with Crippen molar-refractivity contribution in [1.29, 1.82) is 0 Å². The summed E-state index contributed by atoms with van der Waals surface area (Å²) in [6, 6.07) is 5.68. The zero-order valence-electron chi connectivity index (χ0n) is 11.0. The molecule has 2 aromatic rings. The molecule has 0 bridgehead atoms. The Bertz CT molecular complexity index is 718. The number of carbonyl (C=O) groups excluding carboxylic acids is 2. The van der Waals surface area contributed by atoms with Crippen LogP contribution in [0.1, 0.15) is 28.5 Å². The Morgan fingerprint density at radius 3 is 2.85 bits per heavy atom. The van der Waals surface area contributed by atoms with Gasteiger partial charge in [0.25, 0.3) is 5.91 Å². The molecule has 1 heterocycles. The summed E-state index contributed by atoms with van der Waals surface area (Å²) in [5.74, 6) is -0.589. The number of nitrogens with one attached hydrogen (secondary N) is 2. The van der Waals surface area contributed by atoms with Gasteiger partial charge in [-0.3, -0.25) is 14.7 Å². The molecule has 102 valence electrons. The summed E-state index contributed by atoms with van der Waals surface area (Å²) in [6.45, 7) is 1.48. The molecule has 2 amide bonds. The topological polar surface area (TPSA) is 101 Å². The lowest BCUT2D eigenvalue weighted by atomic mass is 9.88. The van der Waals surface area contributed by atoms with E-state index in [1.54, 1.807) is 0 Å². The molecule has 0 spiro atoms. The second-order valence-corrected chi connectivity index (χ2v) is 4.84. The van der Waals surface area contributed by atoms with Gasteiger partial charge in [0.15, 0.2) is 0 Å². The summed E-state index contributed by atoms with van der Waals surface area (Å²) < 4.78 is 0. The first-order chi connectivity index (χ1) is 9.56. The minimum atomic E-state index is -0.489. The van der Waals surface area contributed by atoms with Crippen molar-refractivity contribution in [1.82, 2.24) is 10.2 Å². The van der Waals surface area contributed by atoms with Crippen LogP contribution in [-0.4, -0.2) is 22.0 Å². The highest BCUT2D eigenvalue weighted by Gasteiger charge is 2.24. The summed E-state index contributed by atoms with van der Waals surface area (Å²) in [5, 5.41) is 9.67. The summed E-state index contributed by atoms with van der Waals surface area (Å²) in [4.78, 5) is 22.4. The Morgan fingerprint density at radius 2 is 2.15 bits per heavy atom. The van der Waals surface area contributed by atoms with Crippen molar-refractivity contribution in [2.75, 3.05) is 5.32 Å². The molecule has 0 saturated heterocycles. The van der Waals surface area contributed by atoms with Crippen LogP contribution in [0.4, 0.5) is 5.69 Å². The molecule has 0 fully saturated rings. The Kier molecular flexibility index (Phi) is 2.78. The van der Waals surface area contributed by atoms with Crippen LogP contribution in [0, 0.1) is 0 Å². The average Bonchev–Trinajstić information content (AvgIpc) is 2.81. The number of aromatic amines is 1. The number of aryl methyl sites for hydroxylation is 1. The van der Waals surface area contributed by atoms with Gasteiger partial charge in [0, 0.05) is 23.7 Å². The van der Waals surface area contributed by atoms with E-state index in [9.17, 15) is 9.59 Å². The highest BCUT2D eigenvalue weighted by Crippen LogP contribution is 2.34. The van der Waals surface area contributed by atoms with Crippen LogP contribution >= 0.6 is 0 Å². The van der Waals surface area contributed by atoms with Crippen LogP contribution < -0.4 is 11.1 Å². The molecule has 1 aromatic carbocycles. The minimum absolute atomic E-state index is 0.0998. The van der Waals surface area contributed by atoms with Crippen molar-refractivity contribution >= 4 is 17.5 Å². The van der Waals surface area contributed by atoms with E-state index in [0.717, 1.165) is 34.5 Å². The zero-order valence-corrected chi connectivity index (χ0v) is 11.0. The van der Waals surface area contributed by atoms with E-state index in [1.807, 2.05) is 18.2 Å². The first-order valence-electron chi connectivity index (χ1n) is 6.34. The van der Waals surface area contributed by atoms with E-state index in [1.165, 1.54) is 6.92 Å². The number of rotatable bonds is 2. The lowest BCUT2D eigenvalue weighted by Crippen LogP contribution is -2.15. The number of primary amides is 1. The third-order valence-corrected chi connectivity index (χ3v) is 3.44. The molecule has 1 aliphatic rings. The molecule has 4 N–H and O–H groups in total. The van der Waals surface area contributed by atoms with Crippen molar-refractivity contribution in [3.63, 3.8) is 0 Å². The third kappa shape index (κ3) is 1.95. The van der Waals surface area contributed by atoms with Gasteiger partial charge in [-0.1, -0.05) is 6.07 Å². The van der Waals surface area contributed by atoms with Crippen molar-refractivity contribution in [3.05, 3.63) is 35.0 Å². The number of hydrogen-bond donors (Lipinski definition) is 3. The van der Waals surface area contributed by atoms with Gasteiger partial charge in [-0.05, 0) is 30.5 Å². The standard InChI is InChI=1S/C14H14N4O2/c1-7(19)16-9-3-5-10-8(6-9)2-4-11-12(10)17-18-13(11)14(15)20/h3,5-6H,2,4H2,1H3,(H2,15,20)(H,16,19)(H,17,18). The molecule has 0 atom stereocenters.